The molecular weight excluding hydrogens is 202 g/mol. The predicted octanol–water partition coefficient (Wildman–Crippen LogP) is 1.88. The van der Waals surface area contributed by atoms with Gasteiger partial charge in [0.1, 0.15) is 0 Å². The molecule has 0 saturated heterocycles. The van der Waals surface area contributed by atoms with Gasteiger partial charge in [0.05, 0.1) is 0 Å². The Hall–Kier alpha value is -0.120. The molecule has 0 saturated carbocycles. The topological polar surface area (TPSA) is 43.7 Å². The van der Waals surface area contributed by atoms with Crippen molar-refractivity contribution < 1.29 is 10.2 Å². The predicted molar refractivity (Wildman–Crippen MR) is 68.5 cm³/mol. The Morgan fingerprint density at radius 1 is 1.25 bits per heavy atom. The normalized spacial score (nSPS) is 15.8. The summed E-state index contributed by atoms with van der Waals surface area (Å²) in [5.74, 6) is 0. The zero-order chi connectivity index (χ0) is 12.6. The van der Waals surface area contributed by atoms with E-state index in [1.165, 1.54) is 0 Å². The summed E-state index contributed by atoms with van der Waals surface area (Å²) in [5.41, 5.74) is -0.00548. The first kappa shape index (κ1) is 15.9. The second kappa shape index (κ2) is 8.04. The van der Waals surface area contributed by atoms with Gasteiger partial charge >= 0.3 is 0 Å². The molecule has 16 heavy (non-hydrogen) atoms. The molecule has 0 amide bonds. The molecule has 1 atom stereocenters. The molecule has 0 rings (SSSR count). The molecule has 0 aliphatic carbocycles. The SMILES string of the molecule is CCCC(C)(CO)CN(CCCO)C(C)C. The summed E-state index contributed by atoms with van der Waals surface area (Å²) in [5, 5.41) is 18.4. The Kier molecular flexibility index (Phi) is 7.98. The van der Waals surface area contributed by atoms with Gasteiger partial charge < -0.3 is 15.1 Å². The lowest BCUT2D eigenvalue weighted by Crippen LogP contribution is -2.42. The van der Waals surface area contributed by atoms with Crippen LogP contribution in [-0.2, 0) is 0 Å². The molecule has 0 bridgehead atoms. The Balaban J connectivity index is 4.33. The second-order valence-corrected chi connectivity index (χ2v) is 5.36. The third kappa shape index (κ3) is 5.83. The molecule has 0 heterocycles. The van der Waals surface area contributed by atoms with Crippen molar-refractivity contribution in [3.8, 4) is 0 Å². The standard InChI is InChI=1S/C13H29NO2/c1-5-7-13(4,11-16)10-14(12(2)3)8-6-9-15/h12,15-16H,5-11H2,1-4H3. The zero-order valence-electron chi connectivity index (χ0n) is 11.4. The molecule has 0 aliphatic heterocycles. The molecule has 1 unspecified atom stereocenters. The minimum Gasteiger partial charge on any atom is -0.396 e. The summed E-state index contributed by atoms with van der Waals surface area (Å²) in [6, 6.07) is 0.467. The van der Waals surface area contributed by atoms with Crippen molar-refractivity contribution in [2.75, 3.05) is 26.3 Å². The van der Waals surface area contributed by atoms with E-state index in [1.54, 1.807) is 0 Å². The number of hydrogen-bond donors (Lipinski definition) is 2. The first-order valence-corrected chi connectivity index (χ1v) is 6.45. The van der Waals surface area contributed by atoms with Gasteiger partial charge in [-0.1, -0.05) is 20.3 Å². The third-order valence-corrected chi connectivity index (χ3v) is 3.15. The van der Waals surface area contributed by atoms with Gasteiger partial charge in [-0.2, -0.15) is 0 Å². The fourth-order valence-corrected chi connectivity index (χ4v) is 2.10. The fraction of sp³-hybridized carbons (Fsp3) is 1.00. The van der Waals surface area contributed by atoms with Crippen LogP contribution in [0.5, 0.6) is 0 Å². The lowest BCUT2D eigenvalue weighted by Gasteiger charge is -2.36. The van der Waals surface area contributed by atoms with E-state index in [4.69, 9.17) is 5.11 Å². The average molecular weight is 231 g/mol. The van der Waals surface area contributed by atoms with Gasteiger partial charge in [0.25, 0.3) is 0 Å². The van der Waals surface area contributed by atoms with Gasteiger partial charge in [-0.15, -0.1) is 0 Å². The summed E-state index contributed by atoms with van der Waals surface area (Å²) in [6.45, 7) is 10.9. The second-order valence-electron chi connectivity index (χ2n) is 5.36. The number of hydrogen-bond acceptors (Lipinski definition) is 3. The zero-order valence-corrected chi connectivity index (χ0v) is 11.4. The number of aliphatic hydroxyl groups is 2. The third-order valence-electron chi connectivity index (χ3n) is 3.15. The Labute approximate surface area is 100 Å². The van der Waals surface area contributed by atoms with E-state index in [0.717, 1.165) is 32.4 Å². The van der Waals surface area contributed by atoms with Gasteiger partial charge in [-0.05, 0) is 26.7 Å². The van der Waals surface area contributed by atoms with E-state index in [9.17, 15) is 5.11 Å². The van der Waals surface area contributed by atoms with Crippen LogP contribution < -0.4 is 0 Å². The van der Waals surface area contributed by atoms with Gasteiger partial charge in [0, 0.05) is 37.8 Å². The first-order chi connectivity index (χ1) is 7.49. The summed E-state index contributed by atoms with van der Waals surface area (Å²) in [7, 11) is 0. The van der Waals surface area contributed by atoms with E-state index < -0.39 is 0 Å². The molecule has 3 heteroatoms. The molecule has 0 aliphatic rings. The summed E-state index contributed by atoms with van der Waals surface area (Å²) in [4.78, 5) is 2.35. The van der Waals surface area contributed by atoms with Gasteiger partial charge in [0.2, 0.25) is 0 Å². The average Bonchev–Trinajstić information content (AvgIpc) is 2.24. The van der Waals surface area contributed by atoms with Crippen molar-refractivity contribution in [1.29, 1.82) is 0 Å². The molecule has 0 aromatic carbocycles. The minimum atomic E-state index is -0.00548. The summed E-state index contributed by atoms with van der Waals surface area (Å²) >= 11 is 0. The smallest absolute Gasteiger partial charge is 0.0497 e. The largest absolute Gasteiger partial charge is 0.396 e. The van der Waals surface area contributed by atoms with Crippen molar-refractivity contribution >= 4 is 0 Å². The fourth-order valence-electron chi connectivity index (χ4n) is 2.10. The molecule has 0 spiro atoms. The van der Waals surface area contributed by atoms with Crippen molar-refractivity contribution in [2.24, 2.45) is 5.41 Å². The monoisotopic (exact) mass is 231 g/mol. The van der Waals surface area contributed by atoms with Crippen molar-refractivity contribution in [3.63, 3.8) is 0 Å². The Morgan fingerprint density at radius 3 is 2.25 bits per heavy atom. The quantitative estimate of drug-likeness (QED) is 0.637. The van der Waals surface area contributed by atoms with Crippen LogP contribution in [0.3, 0.4) is 0 Å². The molecule has 0 radical (unpaired) electrons. The number of nitrogens with zero attached hydrogens (tertiary/aromatic N) is 1. The van der Waals surface area contributed by atoms with Crippen molar-refractivity contribution in [2.45, 2.75) is 53.0 Å². The van der Waals surface area contributed by atoms with E-state index in [-0.39, 0.29) is 18.6 Å². The molecule has 98 valence electrons. The van der Waals surface area contributed by atoms with E-state index in [2.05, 4.69) is 32.6 Å². The number of aliphatic hydroxyl groups excluding tert-OH is 2. The lowest BCUT2D eigenvalue weighted by molar-refractivity contribution is 0.0626. The van der Waals surface area contributed by atoms with E-state index >= 15 is 0 Å². The first-order valence-electron chi connectivity index (χ1n) is 6.45. The maximum atomic E-state index is 9.50. The van der Waals surface area contributed by atoms with Crippen LogP contribution in [0.1, 0.15) is 47.0 Å². The molecule has 0 fully saturated rings. The maximum absolute atomic E-state index is 9.50. The highest BCUT2D eigenvalue weighted by molar-refractivity contribution is 4.79. The minimum absolute atomic E-state index is 0.00548. The summed E-state index contributed by atoms with van der Waals surface area (Å²) in [6.07, 6.45) is 2.96. The molecule has 3 nitrogen and oxygen atoms in total. The summed E-state index contributed by atoms with van der Waals surface area (Å²) < 4.78 is 0. The van der Waals surface area contributed by atoms with E-state index in [0.29, 0.717) is 6.04 Å². The molecule has 0 aromatic rings. The van der Waals surface area contributed by atoms with Crippen molar-refractivity contribution in [1.82, 2.24) is 4.90 Å². The molecule has 2 N–H and O–H groups in total. The van der Waals surface area contributed by atoms with Crippen LogP contribution in [0, 0.1) is 5.41 Å². The van der Waals surface area contributed by atoms with Crippen LogP contribution >= 0.6 is 0 Å². The van der Waals surface area contributed by atoms with Crippen LogP contribution in [-0.4, -0.2) is 47.5 Å². The van der Waals surface area contributed by atoms with E-state index in [1.807, 2.05) is 0 Å². The number of rotatable bonds is 9. The lowest BCUT2D eigenvalue weighted by atomic mass is 9.85. The van der Waals surface area contributed by atoms with Crippen molar-refractivity contribution in [3.05, 3.63) is 0 Å². The van der Waals surface area contributed by atoms with Gasteiger partial charge in [-0.3, -0.25) is 0 Å². The van der Waals surface area contributed by atoms with Crippen LogP contribution in [0.4, 0.5) is 0 Å². The van der Waals surface area contributed by atoms with Crippen LogP contribution in [0.2, 0.25) is 0 Å². The Morgan fingerprint density at radius 2 is 1.88 bits per heavy atom. The van der Waals surface area contributed by atoms with Crippen LogP contribution in [0.25, 0.3) is 0 Å². The van der Waals surface area contributed by atoms with Gasteiger partial charge in [-0.25, -0.2) is 0 Å². The van der Waals surface area contributed by atoms with Crippen LogP contribution in [0.15, 0.2) is 0 Å². The maximum Gasteiger partial charge on any atom is 0.0497 e. The highest BCUT2D eigenvalue weighted by atomic mass is 16.3. The highest BCUT2D eigenvalue weighted by Gasteiger charge is 2.26. The molecular formula is C13H29NO2. The van der Waals surface area contributed by atoms with Gasteiger partial charge in [0.15, 0.2) is 0 Å². The molecule has 0 aromatic heterocycles. The Bertz CT molecular complexity index is 173. The highest BCUT2D eigenvalue weighted by Crippen LogP contribution is 2.24.